The van der Waals surface area contributed by atoms with Gasteiger partial charge in [-0.2, -0.15) is 0 Å². The van der Waals surface area contributed by atoms with Crippen LogP contribution >= 0.6 is 11.3 Å². The van der Waals surface area contributed by atoms with E-state index in [-0.39, 0.29) is 5.82 Å². The lowest BCUT2D eigenvalue weighted by molar-refractivity contribution is -0.366. The smallest absolute Gasteiger partial charge is 0.224 e. The molecule has 176 valence electrons. The van der Waals surface area contributed by atoms with Gasteiger partial charge in [0.05, 0.1) is 6.61 Å². The summed E-state index contributed by atoms with van der Waals surface area (Å²) in [5, 5.41) is 40.8. The first kappa shape index (κ1) is 24.0. The molecule has 1 aliphatic rings. The van der Waals surface area contributed by atoms with Crippen LogP contribution in [-0.2, 0) is 21.7 Å². The highest BCUT2D eigenvalue weighted by Crippen LogP contribution is 2.40. The van der Waals surface area contributed by atoms with Crippen molar-refractivity contribution in [2.24, 2.45) is 0 Å². The van der Waals surface area contributed by atoms with Crippen molar-refractivity contribution in [3.8, 4) is 10.4 Å². The first-order valence-corrected chi connectivity index (χ1v) is 11.4. The third-order valence-corrected chi connectivity index (χ3v) is 7.29. The minimum absolute atomic E-state index is 0.275. The van der Waals surface area contributed by atoms with Crippen LogP contribution in [0.15, 0.2) is 54.6 Å². The van der Waals surface area contributed by atoms with Crippen molar-refractivity contribution >= 4 is 11.3 Å². The van der Waals surface area contributed by atoms with E-state index in [1.54, 1.807) is 29.5 Å². The number of aliphatic hydroxyl groups is 4. The Morgan fingerprint density at radius 2 is 1.76 bits per heavy atom. The molecule has 1 saturated heterocycles. The van der Waals surface area contributed by atoms with Crippen molar-refractivity contribution in [2.45, 2.75) is 43.5 Å². The molecule has 4 N–H and O–H groups in total. The van der Waals surface area contributed by atoms with Crippen LogP contribution in [0, 0.1) is 12.7 Å². The summed E-state index contributed by atoms with van der Waals surface area (Å²) in [6.07, 6.45) is -5.09. The largest absolute Gasteiger partial charge is 0.394 e. The number of methoxy groups -OCH3 is 1. The van der Waals surface area contributed by atoms with Gasteiger partial charge in [0.15, 0.2) is 0 Å². The molecule has 33 heavy (non-hydrogen) atoms. The van der Waals surface area contributed by atoms with Crippen molar-refractivity contribution in [1.82, 2.24) is 0 Å². The van der Waals surface area contributed by atoms with E-state index in [2.05, 4.69) is 0 Å². The second-order valence-corrected chi connectivity index (χ2v) is 9.40. The fourth-order valence-electron chi connectivity index (χ4n) is 4.18. The van der Waals surface area contributed by atoms with Crippen LogP contribution in [0.1, 0.15) is 21.6 Å². The Hall–Kier alpha value is -2.17. The Morgan fingerprint density at radius 3 is 2.42 bits per heavy atom. The van der Waals surface area contributed by atoms with Gasteiger partial charge in [-0.3, -0.25) is 0 Å². The molecule has 0 saturated carbocycles. The van der Waals surface area contributed by atoms with E-state index < -0.39 is 36.8 Å². The summed E-state index contributed by atoms with van der Waals surface area (Å²) in [5.41, 5.74) is 3.40. The van der Waals surface area contributed by atoms with Gasteiger partial charge in [-0.1, -0.05) is 24.3 Å². The molecule has 0 amide bonds. The molecule has 0 bridgehead atoms. The molecule has 1 aliphatic heterocycles. The molecule has 4 rings (SSSR count). The number of thiophene rings is 1. The van der Waals surface area contributed by atoms with Crippen LogP contribution in [0.3, 0.4) is 0 Å². The molecule has 6 nitrogen and oxygen atoms in total. The van der Waals surface area contributed by atoms with Gasteiger partial charge in [0.1, 0.15) is 30.2 Å². The summed E-state index contributed by atoms with van der Waals surface area (Å²) in [6.45, 7) is 1.43. The number of rotatable bonds is 6. The lowest BCUT2D eigenvalue weighted by atomic mass is 9.86. The Bertz CT molecular complexity index is 1100. The van der Waals surface area contributed by atoms with Crippen LogP contribution in [-0.4, -0.2) is 58.6 Å². The lowest BCUT2D eigenvalue weighted by Crippen LogP contribution is -2.64. The topological polar surface area (TPSA) is 99.4 Å². The maximum absolute atomic E-state index is 13.2. The number of benzene rings is 2. The Morgan fingerprint density at radius 1 is 1.03 bits per heavy atom. The fraction of sp³-hybridized carbons (Fsp3) is 0.360. The number of ether oxygens (including phenoxy) is 2. The summed E-state index contributed by atoms with van der Waals surface area (Å²) in [6, 6.07) is 15.9. The average Bonchev–Trinajstić information content (AvgIpc) is 3.29. The van der Waals surface area contributed by atoms with Gasteiger partial charge >= 0.3 is 0 Å². The average molecular weight is 475 g/mol. The van der Waals surface area contributed by atoms with E-state index in [0.717, 1.165) is 26.4 Å². The Labute approximate surface area is 195 Å². The quantitative estimate of drug-likeness (QED) is 0.439. The van der Waals surface area contributed by atoms with Gasteiger partial charge in [-0.25, -0.2) is 4.39 Å². The molecule has 2 heterocycles. The number of hydrogen-bond donors (Lipinski definition) is 4. The van der Waals surface area contributed by atoms with E-state index in [4.69, 9.17) is 9.47 Å². The number of halogens is 1. The zero-order valence-corrected chi connectivity index (χ0v) is 19.1. The third kappa shape index (κ3) is 4.48. The molecule has 2 aromatic carbocycles. The maximum atomic E-state index is 13.2. The number of hydrogen-bond acceptors (Lipinski definition) is 7. The van der Waals surface area contributed by atoms with Gasteiger partial charge < -0.3 is 29.9 Å². The van der Waals surface area contributed by atoms with E-state index in [9.17, 15) is 24.8 Å². The zero-order valence-electron chi connectivity index (χ0n) is 18.3. The molecule has 3 unspecified atom stereocenters. The van der Waals surface area contributed by atoms with Gasteiger partial charge in [0.25, 0.3) is 0 Å². The maximum Gasteiger partial charge on any atom is 0.224 e. The molecule has 0 spiro atoms. The fourth-order valence-corrected chi connectivity index (χ4v) is 5.21. The molecule has 1 aromatic heterocycles. The normalized spacial score (nSPS) is 27.6. The summed E-state index contributed by atoms with van der Waals surface area (Å²) in [4.78, 5) is 2.12. The van der Waals surface area contributed by atoms with Gasteiger partial charge in [-0.05, 0) is 53.9 Å². The molecule has 1 fully saturated rings. The second kappa shape index (κ2) is 9.60. The summed E-state index contributed by atoms with van der Waals surface area (Å²) in [5.74, 6) is -2.02. The number of aryl methyl sites for hydroxylation is 1. The standard InChI is InChI=1S/C25H27FO6S/c1-14-3-6-17(25(31-2)24(30)23(29)22(28)20(13-27)32-25)11-16(14)12-19-9-10-21(33-19)15-4-7-18(26)8-5-15/h3-11,20,22-24,27-30H,12-13H2,1-2H3/t20?,22-,23?,24-,25?/m1/s1. The van der Waals surface area contributed by atoms with Crippen LogP contribution in [0.25, 0.3) is 10.4 Å². The van der Waals surface area contributed by atoms with Crippen LogP contribution in [0.2, 0.25) is 0 Å². The number of aliphatic hydroxyl groups excluding tert-OH is 4. The summed E-state index contributed by atoms with van der Waals surface area (Å²) >= 11 is 1.61. The van der Waals surface area contributed by atoms with Crippen molar-refractivity contribution in [1.29, 1.82) is 0 Å². The predicted molar refractivity (Wildman–Crippen MR) is 122 cm³/mol. The zero-order chi connectivity index (χ0) is 23.8. The highest BCUT2D eigenvalue weighted by atomic mass is 32.1. The first-order chi connectivity index (χ1) is 15.8. The van der Waals surface area contributed by atoms with Crippen LogP contribution < -0.4 is 0 Å². The highest BCUT2D eigenvalue weighted by Gasteiger charge is 2.55. The first-order valence-electron chi connectivity index (χ1n) is 10.6. The Balaban J connectivity index is 1.65. The minimum atomic E-state index is -1.75. The van der Waals surface area contributed by atoms with E-state index >= 15 is 0 Å². The van der Waals surface area contributed by atoms with Crippen LogP contribution in [0.4, 0.5) is 4.39 Å². The van der Waals surface area contributed by atoms with E-state index in [1.165, 1.54) is 19.2 Å². The van der Waals surface area contributed by atoms with Gasteiger partial charge in [0, 0.05) is 28.8 Å². The lowest BCUT2D eigenvalue weighted by Gasteiger charge is -2.47. The predicted octanol–water partition coefficient (Wildman–Crippen LogP) is 2.73. The minimum Gasteiger partial charge on any atom is -0.394 e. The molecular formula is C25H27FO6S. The van der Waals surface area contributed by atoms with Crippen molar-refractivity contribution in [3.63, 3.8) is 0 Å². The molecule has 3 aromatic rings. The van der Waals surface area contributed by atoms with E-state index in [1.807, 2.05) is 31.2 Å². The molecule has 0 radical (unpaired) electrons. The Kier molecular flexibility index (Phi) is 6.97. The monoisotopic (exact) mass is 474 g/mol. The third-order valence-electron chi connectivity index (χ3n) is 6.16. The highest BCUT2D eigenvalue weighted by molar-refractivity contribution is 7.15. The second-order valence-electron chi connectivity index (χ2n) is 8.23. The van der Waals surface area contributed by atoms with Crippen molar-refractivity contribution in [3.05, 3.63) is 82.0 Å². The van der Waals surface area contributed by atoms with Crippen LogP contribution in [0.5, 0.6) is 0 Å². The molecular weight excluding hydrogens is 447 g/mol. The molecule has 5 atom stereocenters. The molecule has 0 aliphatic carbocycles. The van der Waals surface area contributed by atoms with Gasteiger partial charge in [0.2, 0.25) is 5.79 Å². The molecule has 8 heteroatoms. The van der Waals surface area contributed by atoms with E-state index in [0.29, 0.717) is 12.0 Å². The van der Waals surface area contributed by atoms with Gasteiger partial charge in [-0.15, -0.1) is 11.3 Å². The van der Waals surface area contributed by atoms with Crippen molar-refractivity contribution < 1.29 is 34.3 Å². The summed E-state index contributed by atoms with van der Waals surface area (Å²) < 4.78 is 24.6. The van der Waals surface area contributed by atoms with Crippen molar-refractivity contribution in [2.75, 3.05) is 13.7 Å². The summed E-state index contributed by atoms with van der Waals surface area (Å²) in [7, 11) is 1.34. The SMILES string of the molecule is COC1(c2ccc(C)c(Cc3ccc(-c4ccc(F)cc4)s3)c2)OC(CO)[C@@H](O)C(O)[C@H]1O.